The molecule has 1 rings (SSSR count). The van der Waals surface area contributed by atoms with Crippen LogP contribution in [0.25, 0.3) is 0 Å². The number of rotatable bonds is 5. The van der Waals surface area contributed by atoms with Gasteiger partial charge in [0.05, 0.1) is 6.61 Å². The number of anilines is 1. The molecule has 0 heterocycles. The Bertz CT molecular complexity index is 506. The van der Waals surface area contributed by atoms with Crippen molar-refractivity contribution in [1.29, 1.82) is 0 Å². The first-order valence-electron chi connectivity index (χ1n) is 5.87. The zero-order valence-corrected chi connectivity index (χ0v) is 12.7. The van der Waals surface area contributed by atoms with Gasteiger partial charge in [0.2, 0.25) is 0 Å². The molecule has 1 N–H and O–H groups in total. The van der Waals surface area contributed by atoms with Crippen LogP contribution < -0.4 is 5.32 Å². The number of nitrogens with one attached hydrogen (secondary N) is 1. The van der Waals surface area contributed by atoms with Crippen LogP contribution in [0.2, 0.25) is 0 Å². The maximum Gasteiger partial charge on any atom is 0.355 e. The maximum atomic E-state index is 11.9. The molecule has 0 radical (unpaired) electrons. The quantitative estimate of drug-likeness (QED) is 0.666. The molecule has 1 aromatic carbocycles. The molecule has 0 fully saturated rings. The summed E-state index contributed by atoms with van der Waals surface area (Å²) in [5.74, 6) is -0.703. The van der Waals surface area contributed by atoms with Gasteiger partial charge < -0.3 is 10.1 Å². The Morgan fingerprint density at radius 1 is 1.21 bits per heavy atom. The summed E-state index contributed by atoms with van der Waals surface area (Å²) in [5.41, 5.74) is 1.24. The van der Waals surface area contributed by atoms with Gasteiger partial charge in [-0.15, -0.1) is 0 Å². The predicted molar refractivity (Wildman–Crippen MR) is 77.8 cm³/mol. The SMILES string of the molecule is CCOC(=O)/C(Nc1ccc(Br)cc1)=C(/C)C(C)=O. The molecule has 102 valence electrons. The predicted octanol–water partition coefficient (Wildman–Crippen LogP) is 3.29. The third-order valence-corrected chi connectivity index (χ3v) is 3.02. The lowest BCUT2D eigenvalue weighted by molar-refractivity contribution is -0.138. The zero-order chi connectivity index (χ0) is 14.4. The number of carbonyl (C=O) groups excluding carboxylic acids is 2. The Morgan fingerprint density at radius 3 is 2.26 bits per heavy atom. The lowest BCUT2D eigenvalue weighted by atomic mass is 10.1. The minimum absolute atomic E-state index is 0.173. The second-order valence-electron chi connectivity index (χ2n) is 3.91. The van der Waals surface area contributed by atoms with E-state index in [0.717, 1.165) is 4.47 Å². The Balaban J connectivity index is 3.05. The second kappa shape index (κ2) is 7.09. The molecule has 0 saturated heterocycles. The van der Waals surface area contributed by atoms with Gasteiger partial charge in [-0.05, 0) is 45.0 Å². The van der Waals surface area contributed by atoms with Gasteiger partial charge in [0, 0.05) is 15.7 Å². The van der Waals surface area contributed by atoms with E-state index >= 15 is 0 Å². The summed E-state index contributed by atoms with van der Waals surface area (Å²) in [7, 11) is 0. The summed E-state index contributed by atoms with van der Waals surface area (Å²) in [6, 6.07) is 7.29. The minimum atomic E-state index is -0.530. The fraction of sp³-hybridized carbons (Fsp3) is 0.286. The maximum absolute atomic E-state index is 11.9. The van der Waals surface area contributed by atoms with Crippen LogP contribution in [0.15, 0.2) is 40.0 Å². The van der Waals surface area contributed by atoms with Crippen LogP contribution in [-0.2, 0) is 14.3 Å². The smallest absolute Gasteiger partial charge is 0.355 e. The Labute approximate surface area is 121 Å². The zero-order valence-electron chi connectivity index (χ0n) is 11.1. The molecule has 19 heavy (non-hydrogen) atoms. The number of ketones is 1. The summed E-state index contributed by atoms with van der Waals surface area (Å²) < 4.78 is 5.88. The molecule has 0 unspecified atom stereocenters. The van der Waals surface area contributed by atoms with E-state index in [9.17, 15) is 9.59 Å². The van der Waals surface area contributed by atoms with Gasteiger partial charge in [0.25, 0.3) is 0 Å². The van der Waals surface area contributed by atoms with E-state index in [1.54, 1.807) is 26.0 Å². The highest BCUT2D eigenvalue weighted by molar-refractivity contribution is 9.10. The molecule has 0 saturated carbocycles. The highest BCUT2D eigenvalue weighted by Gasteiger charge is 2.16. The van der Waals surface area contributed by atoms with Gasteiger partial charge >= 0.3 is 5.97 Å². The van der Waals surface area contributed by atoms with Crippen LogP contribution >= 0.6 is 15.9 Å². The van der Waals surface area contributed by atoms with Crippen molar-refractivity contribution in [2.24, 2.45) is 0 Å². The number of ether oxygens (including phenoxy) is 1. The number of carbonyl (C=O) groups is 2. The second-order valence-corrected chi connectivity index (χ2v) is 4.82. The van der Waals surface area contributed by atoms with Crippen LogP contribution in [0.4, 0.5) is 5.69 Å². The lowest BCUT2D eigenvalue weighted by Gasteiger charge is -2.12. The third-order valence-electron chi connectivity index (χ3n) is 2.50. The van der Waals surface area contributed by atoms with Crippen molar-refractivity contribution in [2.75, 3.05) is 11.9 Å². The number of benzene rings is 1. The Hall–Kier alpha value is -1.62. The molecule has 0 aliphatic carbocycles. The highest BCUT2D eigenvalue weighted by atomic mass is 79.9. The molecule has 0 bridgehead atoms. The van der Waals surface area contributed by atoms with Crippen molar-refractivity contribution < 1.29 is 14.3 Å². The summed E-state index contributed by atoms with van der Waals surface area (Å²) in [6.45, 7) is 4.99. The number of esters is 1. The molecule has 0 spiro atoms. The summed E-state index contributed by atoms with van der Waals surface area (Å²) in [4.78, 5) is 23.3. The van der Waals surface area contributed by atoms with Crippen LogP contribution in [0.1, 0.15) is 20.8 Å². The van der Waals surface area contributed by atoms with Crippen molar-refractivity contribution in [1.82, 2.24) is 0 Å². The molecule has 0 aliphatic rings. The van der Waals surface area contributed by atoms with E-state index in [2.05, 4.69) is 21.2 Å². The van der Waals surface area contributed by atoms with Crippen LogP contribution in [0.3, 0.4) is 0 Å². The van der Waals surface area contributed by atoms with Gasteiger partial charge in [-0.1, -0.05) is 15.9 Å². The molecule has 1 aromatic rings. The topological polar surface area (TPSA) is 55.4 Å². The summed E-state index contributed by atoms with van der Waals surface area (Å²) in [6.07, 6.45) is 0. The standard InChI is InChI=1S/C14H16BrNO3/c1-4-19-14(18)13(9(2)10(3)17)16-12-7-5-11(15)6-8-12/h5-8,16H,4H2,1-3H3/b13-9+. The molecule has 0 amide bonds. The monoisotopic (exact) mass is 325 g/mol. The van der Waals surface area contributed by atoms with Crippen molar-refractivity contribution in [2.45, 2.75) is 20.8 Å². The average Bonchev–Trinajstić information content (AvgIpc) is 2.37. The van der Waals surface area contributed by atoms with Crippen molar-refractivity contribution in [3.8, 4) is 0 Å². The van der Waals surface area contributed by atoms with Crippen molar-refractivity contribution in [3.63, 3.8) is 0 Å². The number of halogens is 1. The average molecular weight is 326 g/mol. The first kappa shape index (κ1) is 15.4. The van der Waals surface area contributed by atoms with Gasteiger partial charge in [0.1, 0.15) is 5.70 Å². The first-order chi connectivity index (χ1) is 8.95. The van der Waals surface area contributed by atoms with Crippen LogP contribution in [0.5, 0.6) is 0 Å². The molecule has 4 nitrogen and oxygen atoms in total. The molecule has 0 atom stereocenters. The van der Waals surface area contributed by atoms with Crippen molar-refractivity contribution in [3.05, 3.63) is 40.0 Å². The fourth-order valence-corrected chi connectivity index (χ4v) is 1.62. The number of Topliss-reactive ketones (excluding diaryl/α,β-unsaturated/α-hetero) is 1. The van der Waals surface area contributed by atoms with E-state index in [1.165, 1.54) is 6.92 Å². The van der Waals surface area contributed by atoms with Gasteiger partial charge in [-0.3, -0.25) is 4.79 Å². The van der Waals surface area contributed by atoms with E-state index < -0.39 is 5.97 Å². The lowest BCUT2D eigenvalue weighted by Crippen LogP contribution is -2.18. The Kier molecular flexibility index (Phi) is 5.76. The molecular weight excluding hydrogens is 310 g/mol. The Morgan fingerprint density at radius 2 is 1.79 bits per heavy atom. The first-order valence-corrected chi connectivity index (χ1v) is 6.66. The number of hydrogen-bond donors (Lipinski definition) is 1. The van der Waals surface area contributed by atoms with Crippen molar-refractivity contribution >= 4 is 33.4 Å². The van der Waals surface area contributed by atoms with E-state index in [-0.39, 0.29) is 18.1 Å². The molecule has 0 aliphatic heterocycles. The third kappa shape index (κ3) is 4.52. The van der Waals surface area contributed by atoms with Crippen LogP contribution in [-0.4, -0.2) is 18.4 Å². The summed E-state index contributed by atoms with van der Waals surface area (Å²) >= 11 is 3.33. The van der Waals surface area contributed by atoms with E-state index in [4.69, 9.17) is 4.74 Å². The number of hydrogen-bond acceptors (Lipinski definition) is 4. The summed E-state index contributed by atoms with van der Waals surface area (Å²) in [5, 5.41) is 2.94. The number of allylic oxidation sites excluding steroid dienone is 1. The highest BCUT2D eigenvalue weighted by Crippen LogP contribution is 2.18. The van der Waals surface area contributed by atoms with E-state index in [1.807, 2.05) is 12.1 Å². The molecule has 0 aromatic heterocycles. The molecular formula is C14H16BrNO3. The van der Waals surface area contributed by atoms with Gasteiger partial charge in [0.15, 0.2) is 5.78 Å². The normalized spacial score (nSPS) is 11.6. The largest absolute Gasteiger partial charge is 0.461 e. The van der Waals surface area contributed by atoms with Gasteiger partial charge in [-0.25, -0.2) is 4.79 Å². The minimum Gasteiger partial charge on any atom is -0.461 e. The van der Waals surface area contributed by atoms with Crippen LogP contribution in [0, 0.1) is 0 Å². The van der Waals surface area contributed by atoms with E-state index in [0.29, 0.717) is 11.3 Å². The molecule has 5 heteroatoms. The van der Waals surface area contributed by atoms with Gasteiger partial charge in [-0.2, -0.15) is 0 Å². The fourth-order valence-electron chi connectivity index (χ4n) is 1.35.